The van der Waals surface area contributed by atoms with Crippen LogP contribution in [0, 0.1) is 5.92 Å². The zero-order valence-corrected chi connectivity index (χ0v) is 12.7. The molecule has 0 N–H and O–H groups in total. The molecule has 1 aliphatic heterocycles. The van der Waals surface area contributed by atoms with E-state index in [9.17, 15) is 0 Å². The van der Waals surface area contributed by atoms with E-state index in [0.29, 0.717) is 5.92 Å². The van der Waals surface area contributed by atoms with Gasteiger partial charge in [-0.05, 0) is 30.8 Å². The zero-order chi connectivity index (χ0) is 13.1. The summed E-state index contributed by atoms with van der Waals surface area (Å²) in [5.74, 6) is 0.695. The number of aromatic nitrogens is 1. The molecule has 102 valence electrons. The van der Waals surface area contributed by atoms with E-state index in [1.54, 1.807) is 22.7 Å². The molecule has 0 spiro atoms. The maximum Gasteiger partial charge on any atom is 0.133 e. The lowest BCUT2D eigenvalue weighted by Gasteiger charge is -2.18. The van der Waals surface area contributed by atoms with Crippen LogP contribution in [0.5, 0.6) is 0 Å². The van der Waals surface area contributed by atoms with Gasteiger partial charge in [0, 0.05) is 25.1 Å². The average Bonchev–Trinajstić information content (AvgIpc) is 3.09. The quantitative estimate of drug-likeness (QED) is 0.845. The van der Waals surface area contributed by atoms with Gasteiger partial charge in [-0.3, -0.25) is 0 Å². The fourth-order valence-electron chi connectivity index (χ4n) is 2.40. The summed E-state index contributed by atoms with van der Waals surface area (Å²) in [5.41, 5.74) is 1.18. The molecule has 1 unspecified atom stereocenters. The van der Waals surface area contributed by atoms with E-state index in [2.05, 4.69) is 34.8 Å². The van der Waals surface area contributed by atoms with Crippen LogP contribution in [0.1, 0.15) is 12.1 Å². The molecule has 1 atom stereocenters. The summed E-state index contributed by atoms with van der Waals surface area (Å²) >= 11 is 3.49. The number of rotatable bonds is 5. The molecule has 0 saturated carbocycles. The average molecular weight is 294 g/mol. The number of thiazole rings is 1. The van der Waals surface area contributed by atoms with E-state index in [-0.39, 0.29) is 0 Å². The number of hydrogen-bond acceptors (Lipinski definition) is 5. The second kappa shape index (κ2) is 6.13. The minimum Gasteiger partial charge on any atom is -0.381 e. The molecule has 1 aliphatic rings. The third-order valence-electron chi connectivity index (χ3n) is 3.31. The molecule has 0 bridgehead atoms. The first-order valence-corrected chi connectivity index (χ1v) is 8.32. The van der Waals surface area contributed by atoms with Crippen molar-refractivity contribution in [2.24, 2.45) is 5.92 Å². The van der Waals surface area contributed by atoms with Gasteiger partial charge in [-0.25, -0.2) is 4.98 Å². The van der Waals surface area contributed by atoms with Crippen LogP contribution in [0.2, 0.25) is 0 Å². The Morgan fingerprint density at radius 1 is 1.47 bits per heavy atom. The highest BCUT2D eigenvalue weighted by molar-refractivity contribution is 7.20. The fourth-order valence-corrected chi connectivity index (χ4v) is 4.03. The SMILES string of the molecule is CN(Cc1csc(-c2cccs2)n1)CC1CCOC1. The predicted octanol–water partition coefficient (Wildman–Crippen LogP) is 3.34. The Morgan fingerprint density at radius 2 is 2.42 bits per heavy atom. The summed E-state index contributed by atoms with van der Waals surface area (Å²) in [7, 11) is 2.17. The molecule has 1 saturated heterocycles. The molecule has 2 aromatic heterocycles. The van der Waals surface area contributed by atoms with Gasteiger partial charge in [-0.1, -0.05) is 6.07 Å². The largest absolute Gasteiger partial charge is 0.381 e. The van der Waals surface area contributed by atoms with Gasteiger partial charge >= 0.3 is 0 Å². The molecule has 0 aliphatic carbocycles. The molecule has 0 radical (unpaired) electrons. The van der Waals surface area contributed by atoms with Crippen LogP contribution < -0.4 is 0 Å². The predicted molar refractivity (Wildman–Crippen MR) is 80.7 cm³/mol. The Morgan fingerprint density at radius 3 is 3.16 bits per heavy atom. The normalized spacial score (nSPS) is 19.4. The van der Waals surface area contributed by atoms with Crippen molar-refractivity contribution in [2.75, 3.05) is 26.8 Å². The van der Waals surface area contributed by atoms with Crippen molar-refractivity contribution < 1.29 is 4.74 Å². The van der Waals surface area contributed by atoms with Gasteiger partial charge in [-0.15, -0.1) is 22.7 Å². The second-order valence-corrected chi connectivity index (χ2v) is 6.85. The first-order valence-electron chi connectivity index (χ1n) is 6.56. The number of hydrogen-bond donors (Lipinski definition) is 0. The van der Waals surface area contributed by atoms with Crippen LogP contribution in [0.15, 0.2) is 22.9 Å². The van der Waals surface area contributed by atoms with E-state index < -0.39 is 0 Å². The molecular weight excluding hydrogens is 276 g/mol. The van der Waals surface area contributed by atoms with Gasteiger partial charge in [0.1, 0.15) is 5.01 Å². The Bertz CT molecular complexity index is 503. The van der Waals surface area contributed by atoms with Crippen molar-refractivity contribution in [1.29, 1.82) is 0 Å². The number of nitrogens with zero attached hydrogens (tertiary/aromatic N) is 2. The van der Waals surface area contributed by atoms with E-state index in [1.807, 2.05) is 0 Å². The Kier molecular flexibility index (Phi) is 4.28. The molecular formula is C14H18N2OS2. The van der Waals surface area contributed by atoms with Gasteiger partial charge in [-0.2, -0.15) is 0 Å². The molecule has 0 aromatic carbocycles. The highest BCUT2D eigenvalue weighted by Gasteiger charge is 2.18. The number of thiophene rings is 1. The maximum absolute atomic E-state index is 5.42. The zero-order valence-electron chi connectivity index (χ0n) is 11.0. The summed E-state index contributed by atoms with van der Waals surface area (Å²) in [4.78, 5) is 8.34. The van der Waals surface area contributed by atoms with E-state index in [1.165, 1.54) is 17.0 Å². The van der Waals surface area contributed by atoms with Crippen molar-refractivity contribution in [2.45, 2.75) is 13.0 Å². The van der Waals surface area contributed by atoms with E-state index in [4.69, 9.17) is 9.72 Å². The van der Waals surface area contributed by atoms with Gasteiger partial charge in [0.15, 0.2) is 0 Å². The molecule has 3 nitrogen and oxygen atoms in total. The van der Waals surface area contributed by atoms with Crippen molar-refractivity contribution in [3.8, 4) is 9.88 Å². The highest BCUT2D eigenvalue weighted by atomic mass is 32.1. The van der Waals surface area contributed by atoms with Gasteiger partial charge < -0.3 is 9.64 Å². The molecule has 19 heavy (non-hydrogen) atoms. The van der Waals surface area contributed by atoms with Crippen molar-refractivity contribution in [1.82, 2.24) is 9.88 Å². The molecule has 5 heteroatoms. The standard InChI is InChI=1S/C14H18N2OS2/c1-16(7-11-4-5-17-9-11)8-12-10-19-14(15-12)13-3-2-6-18-13/h2-3,6,10-11H,4-5,7-9H2,1H3. The lowest BCUT2D eigenvalue weighted by molar-refractivity contribution is 0.172. The smallest absolute Gasteiger partial charge is 0.133 e. The molecule has 2 aromatic rings. The topological polar surface area (TPSA) is 25.4 Å². The van der Waals surface area contributed by atoms with E-state index in [0.717, 1.165) is 31.3 Å². The van der Waals surface area contributed by atoms with Crippen LogP contribution in [-0.4, -0.2) is 36.7 Å². The van der Waals surface area contributed by atoms with Gasteiger partial charge in [0.25, 0.3) is 0 Å². The van der Waals surface area contributed by atoms with Crippen molar-refractivity contribution in [3.63, 3.8) is 0 Å². The summed E-state index contributed by atoms with van der Waals surface area (Å²) in [6.07, 6.45) is 1.20. The summed E-state index contributed by atoms with van der Waals surface area (Å²) in [5, 5.41) is 5.42. The van der Waals surface area contributed by atoms with Crippen LogP contribution >= 0.6 is 22.7 Å². The molecule has 1 fully saturated rings. The first kappa shape index (κ1) is 13.2. The Hall–Kier alpha value is -0.750. The van der Waals surface area contributed by atoms with Crippen molar-refractivity contribution >= 4 is 22.7 Å². The summed E-state index contributed by atoms with van der Waals surface area (Å²) < 4.78 is 5.42. The highest BCUT2D eigenvalue weighted by Crippen LogP contribution is 2.28. The number of ether oxygens (including phenoxy) is 1. The Labute approximate surface area is 121 Å². The monoisotopic (exact) mass is 294 g/mol. The Balaban J connectivity index is 1.57. The van der Waals surface area contributed by atoms with Crippen LogP contribution in [0.3, 0.4) is 0 Å². The minimum absolute atomic E-state index is 0.695. The molecule has 3 rings (SSSR count). The van der Waals surface area contributed by atoms with Gasteiger partial charge in [0.05, 0.1) is 17.2 Å². The van der Waals surface area contributed by atoms with Crippen molar-refractivity contribution in [3.05, 3.63) is 28.6 Å². The third kappa shape index (κ3) is 3.42. The maximum atomic E-state index is 5.42. The van der Waals surface area contributed by atoms with Crippen LogP contribution in [0.4, 0.5) is 0 Å². The van der Waals surface area contributed by atoms with Crippen LogP contribution in [-0.2, 0) is 11.3 Å². The summed E-state index contributed by atoms with van der Waals surface area (Å²) in [6.45, 7) is 3.88. The lowest BCUT2D eigenvalue weighted by Crippen LogP contribution is -2.25. The third-order valence-corrected chi connectivity index (χ3v) is 5.24. The fraction of sp³-hybridized carbons (Fsp3) is 0.500. The summed E-state index contributed by atoms with van der Waals surface area (Å²) in [6, 6.07) is 4.21. The van der Waals surface area contributed by atoms with E-state index >= 15 is 0 Å². The molecule has 3 heterocycles. The van der Waals surface area contributed by atoms with Gasteiger partial charge in [0.2, 0.25) is 0 Å². The van der Waals surface area contributed by atoms with Crippen LogP contribution in [0.25, 0.3) is 9.88 Å². The second-order valence-electron chi connectivity index (χ2n) is 5.05. The molecule has 0 amide bonds. The first-order chi connectivity index (χ1) is 9.31. The minimum atomic E-state index is 0.695. The lowest BCUT2D eigenvalue weighted by atomic mass is 10.1.